The van der Waals surface area contributed by atoms with Crippen molar-refractivity contribution in [1.29, 1.82) is 0 Å². The van der Waals surface area contributed by atoms with Gasteiger partial charge in [-0.05, 0) is 6.42 Å². The fraction of sp³-hybridized carbons (Fsp3) is 0.750. The van der Waals surface area contributed by atoms with Gasteiger partial charge in [-0.25, -0.2) is 24.2 Å². The summed E-state index contributed by atoms with van der Waals surface area (Å²) in [5, 5.41) is 7.01. The van der Waals surface area contributed by atoms with Crippen LogP contribution in [-0.4, -0.2) is 26.7 Å². The maximum Gasteiger partial charge on any atom is 0.328 e. The highest BCUT2D eigenvalue weighted by Crippen LogP contribution is 1.82. The third-order valence-electron chi connectivity index (χ3n) is 1.02. The number of amides is 2. The molecule has 0 spiro atoms. The molecule has 12 heavy (non-hydrogen) atoms. The normalized spacial score (nSPS) is 10.8. The smallest absolute Gasteiger partial charge is 0.328 e. The molecule has 0 unspecified atom stereocenters. The second-order valence-corrected chi connectivity index (χ2v) is 3.85. The molecular formula is C4H12N4O3S. The standard InChI is InChI=1S/C4H12N4O3S/c5-8-4(9)7-2-1-3-12(6,10)11/h1-3,5H2,(H2,6,10,11)(H2,7,8,9). The fourth-order valence-electron chi connectivity index (χ4n) is 0.526. The lowest BCUT2D eigenvalue weighted by Gasteiger charge is -2.02. The van der Waals surface area contributed by atoms with E-state index in [0.717, 1.165) is 0 Å². The molecule has 2 amide bonds. The predicted molar refractivity (Wildman–Crippen MR) is 43.3 cm³/mol. The lowest BCUT2D eigenvalue weighted by Crippen LogP contribution is -2.40. The quantitative estimate of drug-likeness (QED) is 0.177. The number of rotatable bonds is 4. The molecule has 0 atom stereocenters. The van der Waals surface area contributed by atoms with Crippen LogP contribution in [-0.2, 0) is 10.0 Å². The summed E-state index contributed by atoms with van der Waals surface area (Å²) in [6.45, 7) is 0.222. The van der Waals surface area contributed by atoms with Crippen LogP contribution in [0.3, 0.4) is 0 Å². The average Bonchev–Trinajstić information content (AvgIpc) is 1.96. The van der Waals surface area contributed by atoms with Crippen molar-refractivity contribution in [3.05, 3.63) is 0 Å². The Balaban J connectivity index is 3.40. The molecule has 72 valence electrons. The first-order valence-electron chi connectivity index (χ1n) is 3.20. The second-order valence-electron chi connectivity index (χ2n) is 2.12. The topological polar surface area (TPSA) is 127 Å². The molecule has 0 aromatic heterocycles. The Kier molecular flexibility index (Phi) is 4.55. The molecule has 0 aliphatic carbocycles. The Bertz CT molecular complexity index is 237. The lowest BCUT2D eigenvalue weighted by molar-refractivity contribution is 0.241. The van der Waals surface area contributed by atoms with Gasteiger partial charge in [-0.15, -0.1) is 0 Å². The Labute approximate surface area is 70.5 Å². The van der Waals surface area contributed by atoms with E-state index in [1.54, 1.807) is 0 Å². The van der Waals surface area contributed by atoms with Crippen LogP contribution < -0.4 is 21.7 Å². The summed E-state index contributed by atoms with van der Waals surface area (Å²) in [4.78, 5) is 10.4. The molecule has 6 N–H and O–H groups in total. The summed E-state index contributed by atoms with van der Waals surface area (Å²) in [6.07, 6.45) is 0.270. The highest BCUT2D eigenvalue weighted by molar-refractivity contribution is 7.89. The first-order valence-corrected chi connectivity index (χ1v) is 4.92. The monoisotopic (exact) mass is 196 g/mol. The third kappa shape index (κ3) is 7.25. The molecule has 0 rings (SSSR count). The minimum absolute atomic E-state index is 0.155. The number of urea groups is 1. The van der Waals surface area contributed by atoms with E-state index in [-0.39, 0.29) is 18.7 Å². The van der Waals surface area contributed by atoms with Crippen LogP contribution in [0, 0.1) is 0 Å². The summed E-state index contributed by atoms with van der Waals surface area (Å²) in [7, 11) is -3.43. The van der Waals surface area contributed by atoms with E-state index in [1.807, 2.05) is 5.43 Å². The van der Waals surface area contributed by atoms with Gasteiger partial charge in [-0.3, -0.25) is 5.43 Å². The minimum atomic E-state index is -3.43. The highest BCUT2D eigenvalue weighted by Gasteiger charge is 2.02. The number of carbonyl (C=O) groups is 1. The number of carbonyl (C=O) groups excluding carboxylic acids is 1. The van der Waals surface area contributed by atoms with E-state index in [1.165, 1.54) is 0 Å². The van der Waals surface area contributed by atoms with E-state index < -0.39 is 16.1 Å². The SMILES string of the molecule is NNC(=O)NCCCS(N)(=O)=O. The van der Waals surface area contributed by atoms with Crippen LogP contribution in [0.5, 0.6) is 0 Å². The van der Waals surface area contributed by atoms with Crippen molar-refractivity contribution < 1.29 is 13.2 Å². The van der Waals surface area contributed by atoms with Gasteiger partial charge >= 0.3 is 6.03 Å². The van der Waals surface area contributed by atoms with Gasteiger partial charge in [0.1, 0.15) is 0 Å². The van der Waals surface area contributed by atoms with Crippen molar-refractivity contribution in [2.24, 2.45) is 11.0 Å². The van der Waals surface area contributed by atoms with Gasteiger partial charge in [0.2, 0.25) is 10.0 Å². The Hall–Kier alpha value is -0.860. The summed E-state index contributed by atoms with van der Waals surface area (Å²) < 4.78 is 20.7. The van der Waals surface area contributed by atoms with Crippen LogP contribution in [0.25, 0.3) is 0 Å². The molecule has 8 heteroatoms. The van der Waals surface area contributed by atoms with Crippen LogP contribution >= 0.6 is 0 Å². The Morgan fingerprint density at radius 2 is 2.00 bits per heavy atom. The maximum atomic E-state index is 10.4. The summed E-state index contributed by atoms with van der Waals surface area (Å²) in [6, 6.07) is -0.551. The summed E-state index contributed by atoms with van der Waals surface area (Å²) >= 11 is 0. The van der Waals surface area contributed by atoms with Crippen molar-refractivity contribution in [3.63, 3.8) is 0 Å². The van der Waals surface area contributed by atoms with E-state index in [9.17, 15) is 13.2 Å². The van der Waals surface area contributed by atoms with Gasteiger partial charge in [0.25, 0.3) is 0 Å². The van der Waals surface area contributed by atoms with Crippen molar-refractivity contribution in [1.82, 2.24) is 10.7 Å². The zero-order valence-electron chi connectivity index (χ0n) is 6.41. The van der Waals surface area contributed by atoms with Gasteiger partial charge in [0, 0.05) is 6.54 Å². The number of nitrogens with two attached hydrogens (primary N) is 2. The molecular weight excluding hydrogens is 184 g/mol. The number of nitrogens with one attached hydrogen (secondary N) is 2. The molecule has 0 saturated carbocycles. The van der Waals surface area contributed by atoms with Crippen LogP contribution in [0.1, 0.15) is 6.42 Å². The van der Waals surface area contributed by atoms with Gasteiger partial charge < -0.3 is 5.32 Å². The van der Waals surface area contributed by atoms with Crippen LogP contribution in [0.15, 0.2) is 0 Å². The molecule has 0 aliphatic heterocycles. The van der Waals surface area contributed by atoms with Gasteiger partial charge in [0.15, 0.2) is 0 Å². The van der Waals surface area contributed by atoms with E-state index in [0.29, 0.717) is 0 Å². The molecule has 0 heterocycles. The number of sulfonamides is 1. The van der Waals surface area contributed by atoms with Gasteiger partial charge in [-0.1, -0.05) is 0 Å². The van der Waals surface area contributed by atoms with Crippen LogP contribution in [0.2, 0.25) is 0 Å². The first-order chi connectivity index (χ1) is 5.45. The third-order valence-corrected chi connectivity index (χ3v) is 1.88. The van der Waals surface area contributed by atoms with Gasteiger partial charge in [-0.2, -0.15) is 0 Å². The molecule has 0 aromatic rings. The molecule has 0 aromatic carbocycles. The minimum Gasteiger partial charge on any atom is -0.337 e. The average molecular weight is 196 g/mol. The zero-order valence-corrected chi connectivity index (χ0v) is 7.23. The van der Waals surface area contributed by atoms with Crippen molar-refractivity contribution >= 4 is 16.1 Å². The van der Waals surface area contributed by atoms with E-state index in [2.05, 4.69) is 5.32 Å². The fourth-order valence-corrected chi connectivity index (χ4v) is 1.07. The molecule has 0 radical (unpaired) electrons. The number of hydrogen-bond acceptors (Lipinski definition) is 4. The Morgan fingerprint density at radius 3 is 2.42 bits per heavy atom. The molecule has 0 saturated heterocycles. The molecule has 0 aliphatic rings. The van der Waals surface area contributed by atoms with E-state index >= 15 is 0 Å². The largest absolute Gasteiger partial charge is 0.337 e. The highest BCUT2D eigenvalue weighted by atomic mass is 32.2. The summed E-state index contributed by atoms with van der Waals surface area (Å²) in [5.41, 5.74) is 1.83. The number of hydrazine groups is 1. The number of hydrogen-bond donors (Lipinski definition) is 4. The summed E-state index contributed by atoms with van der Waals surface area (Å²) in [5.74, 6) is 4.58. The molecule has 0 fully saturated rings. The maximum absolute atomic E-state index is 10.4. The van der Waals surface area contributed by atoms with Crippen molar-refractivity contribution in [2.75, 3.05) is 12.3 Å². The lowest BCUT2D eigenvalue weighted by atomic mass is 10.5. The Morgan fingerprint density at radius 1 is 1.42 bits per heavy atom. The number of primary sulfonamides is 1. The second kappa shape index (κ2) is 4.91. The molecule has 7 nitrogen and oxygen atoms in total. The van der Waals surface area contributed by atoms with Crippen LogP contribution in [0.4, 0.5) is 4.79 Å². The first kappa shape index (κ1) is 11.1. The zero-order chi connectivity index (χ0) is 9.61. The van der Waals surface area contributed by atoms with Gasteiger partial charge in [0.05, 0.1) is 5.75 Å². The van der Waals surface area contributed by atoms with E-state index in [4.69, 9.17) is 11.0 Å². The van der Waals surface area contributed by atoms with Crippen molar-refractivity contribution in [3.8, 4) is 0 Å². The molecule has 0 bridgehead atoms. The van der Waals surface area contributed by atoms with Crippen molar-refractivity contribution in [2.45, 2.75) is 6.42 Å². The predicted octanol–water partition coefficient (Wildman–Crippen LogP) is -2.16.